The van der Waals surface area contributed by atoms with Crippen molar-refractivity contribution in [2.24, 2.45) is 0 Å². The maximum atomic E-state index is 11.7. The van der Waals surface area contributed by atoms with Gasteiger partial charge in [0.25, 0.3) is 0 Å². The van der Waals surface area contributed by atoms with Crippen LogP contribution in [0.15, 0.2) is 18.2 Å². The van der Waals surface area contributed by atoms with Crippen LogP contribution in [0.1, 0.15) is 12.0 Å². The third-order valence-electron chi connectivity index (χ3n) is 2.98. The molecule has 0 bridgehead atoms. The standard InChI is InChI=1S/C12H12N2O5/c15-10-4-11(16)14(12(17)13-10)5-7-1-2-8-9(3-7)19-6-18-8/h1-3,10,15H,4-6H2,(H,13,17). The van der Waals surface area contributed by atoms with E-state index >= 15 is 0 Å². The minimum absolute atomic E-state index is 0.115. The molecule has 2 heterocycles. The Morgan fingerprint density at radius 3 is 2.89 bits per heavy atom. The number of hydrogen-bond acceptors (Lipinski definition) is 5. The average molecular weight is 264 g/mol. The Balaban J connectivity index is 1.77. The number of urea groups is 1. The molecule has 1 fully saturated rings. The largest absolute Gasteiger partial charge is 0.454 e. The number of aliphatic hydroxyl groups excluding tert-OH is 1. The molecule has 3 rings (SSSR count). The van der Waals surface area contributed by atoms with Gasteiger partial charge in [-0.15, -0.1) is 0 Å². The van der Waals surface area contributed by atoms with Crippen molar-refractivity contribution >= 4 is 11.9 Å². The van der Waals surface area contributed by atoms with Crippen LogP contribution >= 0.6 is 0 Å². The lowest BCUT2D eigenvalue weighted by molar-refractivity contribution is -0.133. The highest BCUT2D eigenvalue weighted by Gasteiger charge is 2.31. The Labute approximate surface area is 108 Å². The maximum Gasteiger partial charge on any atom is 0.326 e. The molecule has 2 N–H and O–H groups in total. The van der Waals surface area contributed by atoms with Gasteiger partial charge in [0.2, 0.25) is 12.7 Å². The Hall–Kier alpha value is -2.28. The molecule has 2 aliphatic rings. The van der Waals surface area contributed by atoms with Crippen LogP contribution in [0.25, 0.3) is 0 Å². The first-order valence-corrected chi connectivity index (χ1v) is 5.81. The highest BCUT2D eigenvalue weighted by Crippen LogP contribution is 2.32. The van der Waals surface area contributed by atoms with Crippen LogP contribution in [0.5, 0.6) is 11.5 Å². The van der Waals surface area contributed by atoms with Gasteiger partial charge in [0.15, 0.2) is 11.5 Å². The van der Waals surface area contributed by atoms with Crippen LogP contribution in [0.3, 0.4) is 0 Å². The molecule has 1 aromatic carbocycles. The second-order valence-corrected chi connectivity index (χ2v) is 4.34. The maximum absolute atomic E-state index is 11.7. The van der Waals surface area contributed by atoms with Crippen LogP contribution in [0.2, 0.25) is 0 Å². The number of carbonyl (C=O) groups is 2. The fourth-order valence-corrected chi connectivity index (χ4v) is 2.04. The Morgan fingerprint density at radius 2 is 2.11 bits per heavy atom. The molecular weight excluding hydrogens is 252 g/mol. The van der Waals surface area contributed by atoms with Crippen LogP contribution in [-0.4, -0.2) is 35.0 Å². The van der Waals surface area contributed by atoms with E-state index in [4.69, 9.17) is 9.47 Å². The summed E-state index contributed by atoms with van der Waals surface area (Å²) in [6.07, 6.45) is -1.22. The van der Waals surface area contributed by atoms with Crippen LogP contribution < -0.4 is 14.8 Å². The molecule has 0 aromatic heterocycles. The molecule has 2 aliphatic heterocycles. The smallest absolute Gasteiger partial charge is 0.326 e. The van der Waals surface area contributed by atoms with E-state index in [1.807, 2.05) is 0 Å². The van der Waals surface area contributed by atoms with Gasteiger partial charge in [0.1, 0.15) is 6.23 Å². The third-order valence-corrected chi connectivity index (χ3v) is 2.98. The zero-order chi connectivity index (χ0) is 13.4. The molecule has 0 radical (unpaired) electrons. The van der Waals surface area contributed by atoms with E-state index in [0.29, 0.717) is 11.5 Å². The zero-order valence-corrected chi connectivity index (χ0v) is 9.96. The van der Waals surface area contributed by atoms with Gasteiger partial charge < -0.3 is 19.9 Å². The third kappa shape index (κ3) is 2.19. The number of nitrogens with zero attached hydrogens (tertiary/aromatic N) is 1. The van der Waals surface area contributed by atoms with Crippen molar-refractivity contribution in [3.05, 3.63) is 23.8 Å². The topological polar surface area (TPSA) is 88.1 Å². The number of rotatable bonds is 2. The molecular formula is C12H12N2O5. The molecule has 7 nitrogen and oxygen atoms in total. The van der Waals surface area contributed by atoms with E-state index in [2.05, 4.69) is 5.32 Å². The van der Waals surface area contributed by atoms with E-state index in [-0.39, 0.29) is 19.8 Å². The number of ether oxygens (including phenoxy) is 2. The summed E-state index contributed by atoms with van der Waals surface area (Å²) in [7, 11) is 0. The van der Waals surface area contributed by atoms with Crippen LogP contribution in [0, 0.1) is 0 Å². The number of imide groups is 1. The molecule has 3 amide bonds. The molecule has 1 saturated heterocycles. The number of amides is 3. The van der Waals surface area contributed by atoms with Crippen molar-refractivity contribution in [1.82, 2.24) is 10.2 Å². The van der Waals surface area contributed by atoms with Crippen molar-refractivity contribution in [2.45, 2.75) is 19.2 Å². The number of nitrogens with one attached hydrogen (secondary N) is 1. The average Bonchev–Trinajstić information content (AvgIpc) is 2.81. The van der Waals surface area contributed by atoms with Gasteiger partial charge in [0, 0.05) is 0 Å². The summed E-state index contributed by atoms with van der Waals surface area (Å²) in [6.45, 7) is 0.308. The normalized spacial score (nSPS) is 21.5. The molecule has 1 aromatic rings. The molecule has 0 saturated carbocycles. The molecule has 7 heteroatoms. The lowest BCUT2D eigenvalue weighted by atomic mass is 10.1. The fourth-order valence-electron chi connectivity index (χ4n) is 2.04. The Bertz CT molecular complexity index is 527. The van der Waals surface area contributed by atoms with Gasteiger partial charge in [0.05, 0.1) is 13.0 Å². The van der Waals surface area contributed by atoms with Crippen molar-refractivity contribution in [3.8, 4) is 11.5 Å². The monoisotopic (exact) mass is 264 g/mol. The Kier molecular flexibility index (Phi) is 2.75. The summed E-state index contributed by atoms with van der Waals surface area (Å²) in [5, 5.41) is 11.5. The first-order chi connectivity index (χ1) is 9.13. The van der Waals surface area contributed by atoms with Crippen molar-refractivity contribution in [2.75, 3.05) is 6.79 Å². The van der Waals surface area contributed by atoms with E-state index in [9.17, 15) is 14.7 Å². The second-order valence-electron chi connectivity index (χ2n) is 4.34. The highest BCUT2D eigenvalue weighted by molar-refractivity contribution is 5.97. The summed E-state index contributed by atoms with van der Waals surface area (Å²) >= 11 is 0. The summed E-state index contributed by atoms with van der Waals surface area (Å²) < 4.78 is 10.4. The number of hydrogen-bond donors (Lipinski definition) is 2. The van der Waals surface area contributed by atoms with E-state index in [1.165, 1.54) is 0 Å². The van der Waals surface area contributed by atoms with E-state index in [0.717, 1.165) is 10.5 Å². The van der Waals surface area contributed by atoms with Gasteiger partial charge in [-0.25, -0.2) is 4.79 Å². The first kappa shape index (κ1) is 11.8. The van der Waals surface area contributed by atoms with Crippen LogP contribution in [-0.2, 0) is 11.3 Å². The first-order valence-electron chi connectivity index (χ1n) is 5.81. The van der Waals surface area contributed by atoms with Crippen LogP contribution in [0.4, 0.5) is 4.79 Å². The number of aliphatic hydroxyl groups is 1. The lowest BCUT2D eigenvalue weighted by Crippen LogP contribution is -2.54. The summed E-state index contributed by atoms with van der Waals surface area (Å²) in [4.78, 5) is 24.4. The highest BCUT2D eigenvalue weighted by atomic mass is 16.7. The fraction of sp³-hybridized carbons (Fsp3) is 0.333. The summed E-state index contributed by atoms with van der Waals surface area (Å²) in [5.41, 5.74) is 0.754. The number of fused-ring (bicyclic) bond motifs is 1. The quantitative estimate of drug-likeness (QED) is 0.795. The van der Waals surface area contributed by atoms with Gasteiger partial charge >= 0.3 is 6.03 Å². The lowest BCUT2D eigenvalue weighted by Gasteiger charge is -2.28. The Morgan fingerprint density at radius 1 is 1.32 bits per heavy atom. The predicted molar refractivity (Wildman–Crippen MR) is 62.3 cm³/mol. The van der Waals surface area contributed by atoms with Gasteiger partial charge in [-0.1, -0.05) is 6.07 Å². The molecule has 19 heavy (non-hydrogen) atoms. The summed E-state index contributed by atoms with van der Waals surface area (Å²) in [6, 6.07) is 4.63. The minimum atomic E-state index is -1.10. The minimum Gasteiger partial charge on any atom is -0.454 e. The van der Waals surface area contributed by atoms with E-state index in [1.54, 1.807) is 18.2 Å². The predicted octanol–water partition coefficient (Wildman–Crippen LogP) is 0.176. The molecule has 0 spiro atoms. The van der Waals surface area contributed by atoms with Crippen molar-refractivity contribution in [3.63, 3.8) is 0 Å². The molecule has 1 unspecified atom stereocenters. The molecule has 0 aliphatic carbocycles. The second kappa shape index (κ2) is 4.43. The number of benzene rings is 1. The van der Waals surface area contributed by atoms with Gasteiger partial charge in [-0.05, 0) is 17.7 Å². The molecule has 1 atom stereocenters. The van der Waals surface area contributed by atoms with Crippen molar-refractivity contribution < 1.29 is 24.2 Å². The number of carbonyl (C=O) groups excluding carboxylic acids is 2. The SMILES string of the molecule is O=C1CC(O)NC(=O)N1Cc1ccc2c(c1)OCO2. The van der Waals surface area contributed by atoms with Gasteiger partial charge in [-0.3, -0.25) is 9.69 Å². The van der Waals surface area contributed by atoms with Crippen molar-refractivity contribution in [1.29, 1.82) is 0 Å². The van der Waals surface area contributed by atoms with E-state index < -0.39 is 18.2 Å². The molecule has 100 valence electrons. The van der Waals surface area contributed by atoms with Gasteiger partial charge in [-0.2, -0.15) is 0 Å². The summed E-state index contributed by atoms with van der Waals surface area (Å²) in [5.74, 6) is 0.838. The zero-order valence-electron chi connectivity index (χ0n) is 9.96.